The summed E-state index contributed by atoms with van der Waals surface area (Å²) in [6.07, 6.45) is 2.64. The van der Waals surface area contributed by atoms with Crippen molar-refractivity contribution in [3.63, 3.8) is 0 Å². The van der Waals surface area contributed by atoms with Crippen LogP contribution in [0.3, 0.4) is 0 Å². The van der Waals surface area contributed by atoms with Crippen LogP contribution in [0.1, 0.15) is 68.7 Å². The number of aryl methyl sites for hydroxylation is 1. The molecule has 1 aliphatic heterocycles. The van der Waals surface area contributed by atoms with Gasteiger partial charge in [-0.3, -0.25) is 0 Å². The van der Waals surface area contributed by atoms with Gasteiger partial charge >= 0.3 is 12.1 Å². The van der Waals surface area contributed by atoms with Gasteiger partial charge in [0.2, 0.25) is 0 Å². The molecule has 0 unspecified atom stereocenters. The molecule has 1 aliphatic rings. The topological polar surface area (TPSA) is 160 Å². The van der Waals surface area contributed by atoms with E-state index in [2.05, 4.69) is 21.1 Å². The van der Waals surface area contributed by atoms with Gasteiger partial charge in [0.15, 0.2) is 5.84 Å². The number of nitrogens with two attached hydrogens (primary N) is 2. The number of ether oxygens (including phenoxy) is 1. The monoisotopic (exact) mass is 589 g/mol. The predicted octanol–water partition coefficient (Wildman–Crippen LogP) is 4.45. The third kappa shape index (κ3) is 8.47. The Bertz CT molecular complexity index is 1290. The minimum Gasteiger partial charge on any atom is -0.444 e. The van der Waals surface area contributed by atoms with Crippen molar-refractivity contribution in [1.29, 1.82) is 5.26 Å². The number of hydrogen-bond donors (Lipinski definition) is 2. The summed E-state index contributed by atoms with van der Waals surface area (Å²) >= 11 is 7.67. The molecule has 4 N–H and O–H groups in total. The van der Waals surface area contributed by atoms with E-state index >= 15 is 0 Å². The Hall–Kier alpha value is -3.56. The Morgan fingerprint density at radius 3 is 2.55 bits per heavy atom. The molecule has 3 rings (SSSR count). The first-order valence-electron chi connectivity index (χ1n) is 13.2. The van der Waals surface area contributed by atoms with Gasteiger partial charge in [-0.15, -0.1) is 11.3 Å². The van der Waals surface area contributed by atoms with Gasteiger partial charge < -0.3 is 30.8 Å². The van der Waals surface area contributed by atoms with Crippen molar-refractivity contribution < 1.29 is 19.2 Å². The standard InChI is InChI=1S/C27H36ClN7O4S/c1-5-18-19(16-29)25(31)40-21(18)8-6-7-9-23(36)39-33-24(30)20-14-17(15-22(28)32-20)34-10-12-35(13-11-34)26(37)38-27(2,3)4/h14-15H,5-13,31H2,1-4H3,(H2,30,33). The van der Waals surface area contributed by atoms with E-state index in [9.17, 15) is 14.9 Å². The Morgan fingerprint density at radius 2 is 1.93 bits per heavy atom. The van der Waals surface area contributed by atoms with E-state index in [1.807, 2.05) is 27.7 Å². The molecule has 0 bridgehead atoms. The number of piperazine rings is 1. The predicted molar refractivity (Wildman–Crippen MR) is 156 cm³/mol. The van der Waals surface area contributed by atoms with Crippen LogP contribution in [0.5, 0.6) is 0 Å². The molecule has 40 heavy (non-hydrogen) atoms. The quantitative estimate of drug-likeness (QED) is 0.107. The molecule has 0 atom stereocenters. The number of carbonyl (C=O) groups excluding carboxylic acids is 2. The molecule has 0 radical (unpaired) electrons. The average molecular weight is 590 g/mol. The van der Waals surface area contributed by atoms with Crippen LogP contribution >= 0.6 is 22.9 Å². The molecule has 0 saturated carbocycles. The minimum absolute atomic E-state index is 0.0739. The molecule has 2 aromatic rings. The Labute approximate surface area is 243 Å². The highest BCUT2D eigenvalue weighted by Gasteiger charge is 2.26. The third-order valence-electron chi connectivity index (χ3n) is 6.20. The van der Waals surface area contributed by atoms with Crippen LogP contribution in [-0.4, -0.2) is 59.6 Å². The normalized spacial score (nSPS) is 14.2. The molecule has 0 aliphatic carbocycles. The lowest BCUT2D eigenvalue weighted by Crippen LogP contribution is -2.50. The molecule has 11 nitrogen and oxygen atoms in total. The maximum atomic E-state index is 12.3. The highest BCUT2D eigenvalue weighted by atomic mass is 35.5. The number of carbonyl (C=O) groups is 2. The fourth-order valence-electron chi connectivity index (χ4n) is 4.25. The van der Waals surface area contributed by atoms with E-state index in [0.717, 1.165) is 35.4 Å². The lowest BCUT2D eigenvalue weighted by molar-refractivity contribution is -0.143. The minimum atomic E-state index is -0.553. The van der Waals surface area contributed by atoms with Gasteiger partial charge in [-0.05, 0) is 64.2 Å². The van der Waals surface area contributed by atoms with Crippen molar-refractivity contribution >= 4 is 51.5 Å². The van der Waals surface area contributed by atoms with Crippen LogP contribution in [0.25, 0.3) is 0 Å². The average Bonchev–Trinajstić information content (AvgIpc) is 3.22. The van der Waals surface area contributed by atoms with Gasteiger partial charge in [0, 0.05) is 43.2 Å². The van der Waals surface area contributed by atoms with Crippen molar-refractivity contribution in [3.05, 3.63) is 39.0 Å². The number of hydrogen-bond acceptors (Lipinski definition) is 10. The van der Waals surface area contributed by atoms with Gasteiger partial charge in [-0.2, -0.15) is 5.26 Å². The van der Waals surface area contributed by atoms with E-state index in [1.54, 1.807) is 17.0 Å². The van der Waals surface area contributed by atoms with Crippen molar-refractivity contribution in [1.82, 2.24) is 9.88 Å². The number of nitriles is 1. The Morgan fingerprint density at radius 1 is 1.23 bits per heavy atom. The summed E-state index contributed by atoms with van der Waals surface area (Å²) in [6.45, 7) is 9.63. The van der Waals surface area contributed by atoms with Crippen LogP contribution in [0.15, 0.2) is 17.3 Å². The van der Waals surface area contributed by atoms with Gasteiger partial charge in [0.05, 0.1) is 5.56 Å². The zero-order chi connectivity index (χ0) is 29.4. The summed E-state index contributed by atoms with van der Waals surface area (Å²) < 4.78 is 5.45. The van der Waals surface area contributed by atoms with Crippen molar-refractivity contribution in [2.75, 3.05) is 36.8 Å². The number of anilines is 2. The highest BCUT2D eigenvalue weighted by Crippen LogP contribution is 2.32. The lowest BCUT2D eigenvalue weighted by Gasteiger charge is -2.36. The van der Waals surface area contributed by atoms with Crippen molar-refractivity contribution in [2.24, 2.45) is 10.9 Å². The summed E-state index contributed by atoms with van der Waals surface area (Å²) in [5.41, 5.74) is 14.0. The smallest absolute Gasteiger partial charge is 0.410 e. The summed E-state index contributed by atoms with van der Waals surface area (Å²) in [7, 11) is 0. The number of amides is 1. The number of rotatable bonds is 9. The van der Waals surface area contributed by atoms with Crippen molar-refractivity contribution in [3.8, 4) is 6.07 Å². The molecule has 0 spiro atoms. The maximum absolute atomic E-state index is 12.3. The summed E-state index contributed by atoms with van der Waals surface area (Å²) in [5, 5.41) is 13.8. The molecular formula is C27H36ClN7O4S. The first-order valence-corrected chi connectivity index (χ1v) is 14.4. The first-order chi connectivity index (χ1) is 18.9. The summed E-state index contributed by atoms with van der Waals surface area (Å²) in [6, 6.07) is 5.60. The molecule has 1 saturated heterocycles. The Balaban J connectivity index is 1.51. The molecule has 0 aromatic carbocycles. The molecule has 1 amide bonds. The molecular weight excluding hydrogens is 554 g/mol. The van der Waals surface area contributed by atoms with Gasteiger partial charge in [-0.25, -0.2) is 14.6 Å². The second-order valence-electron chi connectivity index (χ2n) is 10.3. The third-order valence-corrected chi connectivity index (χ3v) is 7.52. The number of unbranched alkanes of at least 4 members (excludes halogenated alkanes) is 1. The molecule has 216 valence electrons. The van der Waals surface area contributed by atoms with Crippen LogP contribution in [0.2, 0.25) is 5.15 Å². The van der Waals surface area contributed by atoms with E-state index in [0.29, 0.717) is 43.2 Å². The zero-order valence-electron chi connectivity index (χ0n) is 23.3. The zero-order valence-corrected chi connectivity index (χ0v) is 24.9. The van der Waals surface area contributed by atoms with E-state index in [1.165, 1.54) is 11.3 Å². The maximum Gasteiger partial charge on any atom is 0.410 e. The molecule has 13 heteroatoms. The van der Waals surface area contributed by atoms with Crippen LogP contribution < -0.4 is 16.4 Å². The van der Waals surface area contributed by atoms with E-state index in [-0.39, 0.29) is 29.2 Å². The number of thiophene rings is 1. The number of halogens is 1. The second-order valence-corrected chi connectivity index (χ2v) is 11.9. The second kappa shape index (κ2) is 13.7. The van der Waals surface area contributed by atoms with Crippen molar-refractivity contribution in [2.45, 2.75) is 65.4 Å². The van der Waals surface area contributed by atoms with Crippen LogP contribution in [0, 0.1) is 11.3 Å². The molecule has 3 heterocycles. The molecule has 1 fully saturated rings. The highest BCUT2D eigenvalue weighted by molar-refractivity contribution is 7.16. The number of nitrogens with zero attached hydrogens (tertiary/aromatic N) is 5. The van der Waals surface area contributed by atoms with E-state index in [4.69, 9.17) is 32.6 Å². The Kier molecular flexibility index (Phi) is 10.6. The first kappa shape index (κ1) is 31.0. The lowest BCUT2D eigenvalue weighted by atomic mass is 10.0. The number of oxime groups is 1. The van der Waals surface area contributed by atoms with E-state index < -0.39 is 11.6 Å². The van der Waals surface area contributed by atoms with Gasteiger partial charge in [0.25, 0.3) is 0 Å². The SMILES string of the molecule is CCc1c(CCCCC(=O)O/N=C(\N)c2cc(N3CCN(C(=O)OC(C)(C)C)CC3)cc(Cl)n2)sc(N)c1C#N. The van der Waals surface area contributed by atoms with Gasteiger partial charge in [0.1, 0.15) is 27.5 Å². The number of pyridine rings is 1. The largest absolute Gasteiger partial charge is 0.444 e. The number of amidine groups is 1. The van der Waals surface area contributed by atoms with Gasteiger partial charge in [-0.1, -0.05) is 23.7 Å². The summed E-state index contributed by atoms with van der Waals surface area (Å²) in [5.74, 6) is -0.585. The molecule has 2 aromatic heterocycles. The number of nitrogen functional groups attached to an aromatic ring is 1. The fraction of sp³-hybridized carbons (Fsp3) is 0.519. The fourth-order valence-corrected chi connectivity index (χ4v) is 5.61. The van der Waals surface area contributed by atoms with Crippen LogP contribution in [-0.2, 0) is 27.2 Å². The summed E-state index contributed by atoms with van der Waals surface area (Å²) in [4.78, 5) is 38.6. The van der Waals surface area contributed by atoms with Crippen LogP contribution in [0.4, 0.5) is 15.5 Å². The number of aromatic nitrogens is 1.